The van der Waals surface area contributed by atoms with E-state index in [4.69, 9.17) is 23.2 Å². The number of benzene rings is 1. The highest BCUT2D eigenvalue weighted by atomic mass is 35.5. The number of anilines is 2. The summed E-state index contributed by atoms with van der Waals surface area (Å²) in [5.41, 5.74) is 2.01. The summed E-state index contributed by atoms with van der Waals surface area (Å²) >= 11 is 11.3. The van der Waals surface area contributed by atoms with E-state index in [0.717, 1.165) is 11.3 Å². The third kappa shape index (κ3) is 2.81. The van der Waals surface area contributed by atoms with Crippen molar-refractivity contribution in [1.29, 1.82) is 0 Å². The van der Waals surface area contributed by atoms with E-state index in [1.165, 1.54) is 0 Å². The van der Waals surface area contributed by atoms with Gasteiger partial charge in [0.15, 0.2) is 0 Å². The molecule has 0 aliphatic heterocycles. The molecular formula is C10H8Cl2N4. The number of halogens is 2. The molecule has 0 atom stereocenters. The summed E-state index contributed by atoms with van der Waals surface area (Å²) < 4.78 is 0. The Hall–Kier alpha value is -1.39. The number of nitrogens with one attached hydrogen (secondary N) is 1. The molecule has 2 rings (SSSR count). The van der Waals surface area contributed by atoms with Gasteiger partial charge in [0, 0.05) is 5.69 Å². The van der Waals surface area contributed by atoms with Gasteiger partial charge in [-0.2, -0.15) is 15.0 Å². The molecule has 82 valence electrons. The number of aryl methyl sites for hydroxylation is 1. The molecule has 4 nitrogen and oxygen atoms in total. The van der Waals surface area contributed by atoms with Gasteiger partial charge in [0.05, 0.1) is 0 Å². The lowest BCUT2D eigenvalue weighted by Gasteiger charge is -2.05. The Labute approximate surface area is 103 Å². The first kappa shape index (κ1) is 11.1. The molecule has 1 N–H and O–H groups in total. The normalized spacial score (nSPS) is 10.2. The third-order valence-electron chi connectivity index (χ3n) is 1.86. The maximum absolute atomic E-state index is 5.66. The van der Waals surface area contributed by atoms with Crippen molar-refractivity contribution in [3.8, 4) is 0 Å². The average molecular weight is 255 g/mol. The van der Waals surface area contributed by atoms with Crippen LogP contribution in [0, 0.1) is 6.92 Å². The molecule has 0 bridgehead atoms. The summed E-state index contributed by atoms with van der Waals surface area (Å²) in [4.78, 5) is 11.5. The summed E-state index contributed by atoms with van der Waals surface area (Å²) in [6.07, 6.45) is 0. The van der Waals surface area contributed by atoms with Crippen LogP contribution in [0.4, 0.5) is 11.6 Å². The number of hydrogen-bond acceptors (Lipinski definition) is 4. The molecule has 0 radical (unpaired) electrons. The first-order valence-electron chi connectivity index (χ1n) is 4.54. The van der Waals surface area contributed by atoms with E-state index >= 15 is 0 Å². The van der Waals surface area contributed by atoms with E-state index in [1.807, 2.05) is 31.2 Å². The van der Waals surface area contributed by atoms with Crippen molar-refractivity contribution in [1.82, 2.24) is 15.0 Å². The SMILES string of the molecule is Cc1cccc(Nc2nc(Cl)nc(Cl)n2)c1. The van der Waals surface area contributed by atoms with Gasteiger partial charge in [-0.05, 0) is 47.8 Å². The van der Waals surface area contributed by atoms with Gasteiger partial charge in [0.25, 0.3) is 0 Å². The van der Waals surface area contributed by atoms with Gasteiger partial charge in [-0.15, -0.1) is 0 Å². The van der Waals surface area contributed by atoms with Gasteiger partial charge >= 0.3 is 0 Å². The Morgan fingerprint density at radius 2 is 1.75 bits per heavy atom. The lowest BCUT2D eigenvalue weighted by Crippen LogP contribution is -1.99. The fraction of sp³-hybridized carbons (Fsp3) is 0.100. The average Bonchev–Trinajstić information content (AvgIpc) is 2.15. The maximum Gasteiger partial charge on any atom is 0.232 e. The van der Waals surface area contributed by atoms with Gasteiger partial charge in [0.1, 0.15) is 0 Å². The van der Waals surface area contributed by atoms with E-state index in [-0.39, 0.29) is 10.6 Å². The number of rotatable bonds is 2. The minimum Gasteiger partial charge on any atom is -0.324 e. The van der Waals surface area contributed by atoms with Crippen LogP contribution in [0.25, 0.3) is 0 Å². The molecule has 0 saturated carbocycles. The lowest BCUT2D eigenvalue weighted by atomic mass is 10.2. The molecule has 16 heavy (non-hydrogen) atoms. The Morgan fingerprint density at radius 3 is 2.38 bits per heavy atom. The van der Waals surface area contributed by atoms with Crippen molar-refractivity contribution in [2.75, 3.05) is 5.32 Å². The molecule has 0 unspecified atom stereocenters. The lowest BCUT2D eigenvalue weighted by molar-refractivity contribution is 1.05. The first-order valence-corrected chi connectivity index (χ1v) is 5.30. The molecular weight excluding hydrogens is 247 g/mol. The number of aromatic nitrogens is 3. The smallest absolute Gasteiger partial charge is 0.232 e. The van der Waals surface area contributed by atoms with Crippen molar-refractivity contribution >= 4 is 34.8 Å². The van der Waals surface area contributed by atoms with Crippen LogP contribution in [0.5, 0.6) is 0 Å². The standard InChI is InChI=1S/C10H8Cl2N4/c1-6-3-2-4-7(5-6)13-10-15-8(11)14-9(12)16-10/h2-5H,1H3,(H,13,14,15,16). The van der Waals surface area contributed by atoms with E-state index in [9.17, 15) is 0 Å². The molecule has 2 aromatic rings. The Bertz CT molecular complexity index is 496. The predicted molar refractivity (Wildman–Crippen MR) is 64.3 cm³/mol. The minimum absolute atomic E-state index is 0.0650. The van der Waals surface area contributed by atoms with Crippen molar-refractivity contribution in [3.63, 3.8) is 0 Å². The molecule has 0 fully saturated rings. The summed E-state index contributed by atoms with van der Waals surface area (Å²) in [6, 6.07) is 7.80. The molecule has 0 aliphatic rings. The molecule has 6 heteroatoms. The highest BCUT2D eigenvalue weighted by Crippen LogP contribution is 2.16. The third-order valence-corrected chi connectivity index (χ3v) is 2.19. The summed E-state index contributed by atoms with van der Waals surface area (Å²) in [7, 11) is 0. The van der Waals surface area contributed by atoms with Crippen LogP contribution in [-0.4, -0.2) is 15.0 Å². The molecule has 0 saturated heterocycles. The van der Waals surface area contributed by atoms with E-state index < -0.39 is 0 Å². The number of nitrogens with zero attached hydrogens (tertiary/aromatic N) is 3. The highest BCUT2D eigenvalue weighted by Gasteiger charge is 2.03. The molecule has 1 aromatic carbocycles. The second-order valence-corrected chi connectivity index (χ2v) is 3.87. The fourth-order valence-corrected chi connectivity index (χ4v) is 1.60. The Kier molecular flexibility index (Phi) is 3.22. The zero-order valence-corrected chi connectivity index (χ0v) is 9.92. The summed E-state index contributed by atoms with van der Waals surface area (Å²) in [5.74, 6) is 0.329. The van der Waals surface area contributed by atoms with E-state index in [1.54, 1.807) is 0 Å². The van der Waals surface area contributed by atoms with Crippen molar-refractivity contribution in [2.45, 2.75) is 6.92 Å². The second-order valence-electron chi connectivity index (χ2n) is 3.19. The Balaban J connectivity index is 2.27. The van der Waals surface area contributed by atoms with Crippen LogP contribution in [0.2, 0.25) is 10.6 Å². The van der Waals surface area contributed by atoms with Crippen LogP contribution in [0.15, 0.2) is 24.3 Å². The predicted octanol–water partition coefficient (Wildman–Crippen LogP) is 3.23. The van der Waals surface area contributed by atoms with Gasteiger partial charge in [-0.1, -0.05) is 12.1 Å². The largest absolute Gasteiger partial charge is 0.324 e. The quantitative estimate of drug-likeness (QED) is 0.894. The number of hydrogen-bond donors (Lipinski definition) is 1. The zero-order chi connectivity index (χ0) is 11.5. The van der Waals surface area contributed by atoms with Crippen molar-refractivity contribution in [2.24, 2.45) is 0 Å². The molecule has 0 spiro atoms. The molecule has 1 heterocycles. The van der Waals surface area contributed by atoms with Crippen molar-refractivity contribution < 1.29 is 0 Å². The second kappa shape index (κ2) is 4.63. The monoisotopic (exact) mass is 254 g/mol. The van der Waals surface area contributed by atoms with Gasteiger partial charge in [-0.25, -0.2) is 0 Å². The van der Waals surface area contributed by atoms with Crippen LogP contribution >= 0.6 is 23.2 Å². The van der Waals surface area contributed by atoms with Gasteiger partial charge in [0.2, 0.25) is 16.5 Å². The van der Waals surface area contributed by atoms with Crippen LogP contribution in [0.1, 0.15) is 5.56 Å². The van der Waals surface area contributed by atoms with Gasteiger partial charge < -0.3 is 5.32 Å². The highest BCUT2D eigenvalue weighted by molar-refractivity contribution is 6.31. The Morgan fingerprint density at radius 1 is 1.06 bits per heavy atom. The first-order chi connectivity index (χ1) is 7.63. The van der Waals surface area contributed by atoms with Crippen LogP contribution in [0.3, 0.4) is 0 Å². The van der Waals surface area contributed by atoms with Gasteiger partial charge in [-0.3, -0.25) is 0 Å². The van der Waals surface area contributed by atoms with E-state index in [2.05, 4.69) is 20.3 Å². The summed E-state index contributed by atoms with van der Waals surface area (Å²) in [5, 5.41) is 3.13. The fourth-order valence-electron chi connectivity index (χ4n) is 1.23. The van der Waals surface area contributed by atoms with Crippen LogP contribution in [-0.2, 0) is 0 Å². The van der Waals surface area contributed by atoms with E-state index in [0.29, 0.717) is 5.95 Å². The molecule has 1 aromatic heterocycles. The molecule has 0 aliphatic carbocycles. The minimum atomic E-state index is 0.0650. The van der Waals surface area contributed by atoms with Crippen molar-refractivity contribution in [3.05, 3.63) is 40.4 Å². The maximum atomic E-state index is 5.66. The summed E-state index contributed by atoms with van der Waals surface area (Å²) in [6.45, 7) is 2.00. The molecule has 0 amide bonds. The topological polar surface area (TPSA) is 50.7 Å². The van der Waals surface area contributed by atoms with Crippen LogP contribution < -0.4 is 5.32 Å². The zero-order valence-electron chi connectivity index (χ0n) is 8.41.